The third kappa shape index (κ3) is 12.2. The molecule has 7 heterocycles. The Balaban J connectivity index is 0.000000163. The third-order valence-electron chi connectivity index (χ3n) is 9.33. The largest absolute Gasteiger partial charge is 0.508 e. The molecule has 1 saturated heterocycles. The number of hydrogen-bond acceptors (Lipinski definition) is 16. The highest BCUT2D eigenvalue weighted by atomic mass is 35.6. The lowest BCUT2D eigenvalue weighted by Gasteiger charge is -2.28. The first kappa shape index (κ1) is 45.8. The van der Waals surface area contributed by atoms with Crippen molar-refractivity contribution in [3.63, 3.8) is 0 Å². The molecule has 9 rings (SSSR count). The van der Waals surface area contributed by atoms with Crippen LogP contribution in [0.1, 0.15) is 11.1 Å². The molecule has 326 valence electrons. The summed E-state index contributed by atoms with van der Waals surface area (Å²) in [6, 6.07) is 11.9. The van der Waals surface area contributed by atoms with Gasteiger partial charge in [-0.1, -0.05) is 69.4 Å². The number of ether oxygens (including phenoxy) is 4. The number of phenolic OH excluding ortho intramolecular Hbond substituents is 2. The molecule has 5 aliphatic rings. The topological polar surface area (TPSA) is 229 Å². The normalized spacial score (nSPS) is 20.2. The minimum atomic E-state index is -0.802. The molecule has 2 aromatic carbocycles. The van der Waals surface area contributed by atoms with Crippen molar-refractivity contribution < 1.29 is 48.3 Å². The van der Waals surface area contributed by atoms with E-state index >= 15 is 0 Å². The van der Waals surface area contributed by atoms with Crippen LogP contribution in [0.4, 0.5) is 0 Å². The quantitative estimate of drug-likeness (QED) is 0.0561. The molecule has 4 aromatic rings. The van der Waals surface area contributed by atoms with Crippen LogP contribution in [-0.2, 0) is 32.0 Å². The van der Waals surface area contributed by atoms with Crippen LogP contribution in [0.3, 0.4) is 0 Å². The molecule has 2 aromatic heterocycles. The predicted molar refractivity (Wildman–Crippen MR) is 229 cm³/mol. The van der Waals surface area contributed by atoms with Crippen molar-refractivity contribution in [2.75, 3.05) is 39.4 Å². The molecule has 5 aliphatic heterocycles. The highest BCUT2D eigenvalue weighted by Crippen LogP contribution is 2.37. The number of carbonyl (C=O) groups is 4. The summed E-state index contributed by atoms with van der Waals surface area (Å²) in [6.45, 7) is 2.05. The maximum absolute atomic E-state index is 12.9. The first-order valence-electron chi connectivity index (χ1n) is 18.7. The lowest BCUT2D eigenvalue weighted by atomic mass is 10.1. The third-order valence-corrected chi connectivity index (χ3v) is 10.7. The van der Waals surface area contributed by atoms with Gasteiger partial charge in [-0.3, -0.25) is 34.0 Å². The Morgan fingerprint density at radius 3 is 1.76 bits per heavy atom. The predicted octanol–water partition coefficient (Wildman–Crippen LogP) is 6.67. The zero-order chi connectivity index (χ0) is 44.2. The Kier molecular flexibility index (Phi) is 16.1. The first-order chi connectivity index (χ1) is 29.9. The number of alkyl halides is 3. The molecule has 0 bridgehead atoms. The summed E-state index contributed by atoms with van der Waals surface area (Å²) in [7, 11) is 0. The molecule has 4 unspecified atom stereocenters. The second kappa shape index (κ2) is 21.9. The fraction of sp³-hybridized carbons (Fsp3) is 0.333. The number of nitrogens with zero attached hydrogens (tertiary/aromatic N) is 8. The summed E-state index contributed by atoms with van der Waals surface area (Å²) < 4.78 is 21.7. The number of aromatic hydroxyl groups is 2. The van der Waals surface area contributed by atoms with E-state index in [1.165, 1.54) is 49.6 Å². The molecule has 18 nitrogen and oxygen atoms in total. The van der Waals surface area contributed by atoms with Crippen LogP contribution in [0.5, 0.6) is 34.5 Å². The fourth-order valence-electron chi connectivity index (χ4n) is 6.35. The van der Waals surface area contributed by atoms with Gasteiger partial charge >= 0.3 is 0 Å². The number of hydrogen-bond donors (Lipinski definition) is 2. The van der Waals surface area contributed by atoms with Crippen molar-refractivity contribution in [1.82, 2.24) is 14.8 Å². The number of benzene rings is 2. The zero-order valence-corrected chi connectivity index (χ0v) is 36.2. The molecule has 1 fully saturated rings. The van der Waals surface area contributed by atoms with Crippen LogP contribution in [0.25, 0.3) is 10.4 Å². The van der Waals surface area contributed by atoms with Crippen molar-refractivity contribution >= 4 is 81.1 Å². The summed E-state index contributed by atoms with van der Waals surface area (Å²) in [5.41, 5.74) is 10.0. The van der Waals surface area contributed by atoms with E-state index in [0.29, 0.717) is 51.4 Å². The second-order valence-electron chi connectivity index (χ2n) is 13.5. The molecule has 0 saturated carbocycles. The minimum absolute atomic E-state index is 0.155. The van der Waals surface area contributed by atoms with Crippen molar-refractivity contribution in [1.29, 1.82) is 0 Å². The van der Waals surface area contributed by atoms with Gasteiger partial charge in [0.1, 0.15) is 30.8 Å². The second-order valence-corrected chi connectivity index (χ2v) is 17.0. The van der Waals surface area contributed by atoms with Gasteiger partial charge in [-0.25, -0.2) is 0 Å². The summed E-state index contributed by atoms with van der Waals surface area (Å²) in [4.78, 5) is 53.2. The smallest absolute Gasteiger partial charge is 0.258 e. The SMILES string of the molecule is ClC(Cl)Cl.O=C1C2N=NN(CC3COc4cscc4O3)C2C(=O)N1CCc1ccc(O)cc1.O=C1C=CC(=O)N1CCc1ccc(O)cc1.[N-]=[N+]=NCC1COc2cscc2O1. The van der Waals surface area contributed by atoms with Crippen LogP contribution in [0.2, 0.25) is 0 Å². The van der Waals surface area contributed by atoms with Crippen LogP contribution >= 0.6 is 57.5 Å². The van der Waals surface area contributed by atoms with Gasteiger partial charge in [-0.15, -0.1) is 22.7 Å². The molecule has 4 amide bonds. The number of fused-ring (bicyclic) bond motifs is 3. The maximum atomic E-state index is 12.9. The number of rotatable bonds is 10. The number of likely N-dealkylation sites (tertiary alicyclic amines) is 1. The Morgan fingerprint density at radius 2 is 1.23 bits per heavy atom. The lowest BCUT2D eigenvalue weighted by Crippen LogP contribution is -2.46. The number of carbonyl (C=O) groups excluding carboxylic acids is 4. The Hall–Kier alpha value is -5.76. The van der Waals surface area contributed by atoms with Crippen LogP contribution < -0.4 is 18.9 Å². The maximum Gasteiger partial charge on any atom is 0.258 e. The standard InChI is InChI=1S/C19H18N4O5S.C12H11NO3.C7H7N3O2S.CHCl3/c24-12-3-1-11(2-4-12)5-6-22-18(25)16-17(19(22)26)23(21-20-16)7-13-8-27-14-9-29-10-15(14)28-13;14-10-3-1-9(2-4-10)7-8-13-11(15)5-6-12(13)16;8-10-9-1-5-2-11-6-3-13-4-7(6)12-5;2-1(3)4/h1-4,9-10,13,16-17,24H,5-8H2;1-6,14H,7-8H2;3-5H,1-2H2;1H. The number of thiophene rings is 2. The highest BCUT2D eigenvalue weighted by molar-refractivity contribution is 7.08. The number of azide groups is 1. The fourth-order valence-corrected chi connectivity index (χ4v) is 7.69. The Labute approximate surface area is 377 Å². The van der Waals surface area contributed by atoms with E-state index in [9.17, 15) is 24.3 Å². The van der Waals surface area contributed by atoms with E-state index in [1.807, 2.05) is 21.5 Å². The van der Waals surface area contributed by atoms with Gasteiger partial charge in [0.15, 0.2) is 45.5 Å². The van der Waals surface area contributed by atoms with Gasteiger partial charge in [-0.05, 0) is 53.8 Å². The van der Waals surface area contributed by atoms with E-state index in [1.54, 1.807) is 48.5 Å². The van der Waals surface area contributed by atoms with Crippen LogP contribution in [0, 0.1) is 0 Å². The van der Waals surface area contributed by atoms with Crippen molar-refractivity contribution in [3.05, 3.63) is 104 Å². The van der Waals surface area contributed by atoms with Crippen molar-refractivity contribution in [3.8, 4) is 34.5 Å². The summed E-state index contributed by atoms with van der Waals surface area (Å²) in [5, 5.41) is 39.0. The summed E-state index contributed by atoms with van der Waals surface area (Å²) in [6.07, 6.45) is 3.20. The van der Waals surface area contributed by atoms with E-state index in [-0.39, 0.29) is 53.9 Å². The van der Waals surface area contributed by atoms with Gasteiger partial charge in [-0.2, -0.15) is 5.11 Å². The van der Waals surface area contributed by atoms with Crippen molar-refractivity contribution in [2.45, 2.75) is 41.4 Å². The first-order valence-corrected chi connectivity index (χ1v) is 21.9. The number of amides is 4. The molecule has 0 radical (unpaired) electrons. The van der Waals surface area contributed by atoms with Gasteiger partial charge in [0.2, 0.25) is 0 Å². The molecule has 23 heteroatoms. The Bertz CT molecular complexity index is 2290. The van der Waals surface area contributed by atoms with Gasteiger partial charge < -0.3 is 29.2 Å². The highest BCUT2D eigenvalue weighted by Gasteiger charge is 2.54. The Morgan fingerprint density at radius 1 is 0.742 bits per heavy atom. The lowest BCUT2D eigenvalue weighted by molar-refractivity contribution is -0.141. The summed E-state index contributed by atoms with van der Waals surface area (Å²) in [5.74, 6) is 2.17. The molecule has 4 atom stereocenters. The van der Waals surface area contributed by atoms with Gasteiger partial charge in [0.05, 0.1) is 13.1 Å². The molecule has 62 heavy (non-hydrogen) atoms. The van der Waals surface area contributed by atoms with Crippen LogP contribution in [-0.4, -0.2) is 117 Å². The number of halogens is 3. The van der Waals surface area contributed by atoms with E-state index in [4.69, 9.17) is 64.4 Å². The van der Waals surface area contributed by atoms with E-state index in [0.717, 1.165) is 28.4 Å². The van der Waals surface area contributed by atoms with Gasteiger partial charge in [0, 0.05) is 51.7 Å². The van der Waals surface area contributed by atoms with Crippen molar-refractivity contribution in [2.24, 2.45) is 15.5 Å². The van der Waals surface area contributed by atoms with Crippen LogP contribution in [0.15, 0.2) is 97.7 Å². The molecule has 0 spiro atoms. The number of phenols is 2. The van der Waals surface area contributed by atoms with E-state index in [2.05, 4.69) is 20.4 Å². The van der Waals surface area contributed by atoms with E-state index < -0.39 is 16.4 Å². The molecule has 0 aliphatic carbocycles. The molecule has 2 N–H and O–H groups in total. The average Bonchev–Trinajstić information content (AvgIpc) is 4.10. The monoisotopic (exact) mass is 946 g/mol. The number of imide groups is 2. The minimum Gasteiger partial charge on any atom is -0.508 e. The van der Waals surface area contributed by atoms with Gasteiger partial charge in [0.25, 0.3) is 23.6 Å². The molecular weight excluding hydrogens is 911 g/mol. The zero-order valence-electron chi connectivity index (χ0n) is 32.3. The average molecular weight is 948 g/mol. The molecular formula is C39H37Cl3N8O10S2. The summed E-state index contributed by atoms with van der Waals surface area (Å²) >= 11 is 17.4.